The fourth-order valence-electron chi connectivity index (χ4n) is 3.43. The van der Waals surface area contributed by atoms with Crippen molar-refractivity contribution in [1.29, 1.82) is 0 Å². The van der Waals surface area contributed by atoms with Crippen LogP contribution in [0.2, 0.25) is 0 Å². The van der Waals surface area contributed by atoms with Gasteiger partial charge >= 0.3 is 6.03 Å². The van der Waals surface area contributed by atoms with Crippen molar-refractivity contribution in [3.63, 3.8) is 0 Å². The van der Waals surface area contributed by atoms with Crippen LogP contribution in [0.3, 0.4) is 0 Å². The van der Waals surface area contributed by atoms with Crippen molar-refractivity contribution in [3.05, 3.63) is 24.3 Å². The predicted octanol–water partition coefficient (Wildman–Crippen LogP) is 4.05. The normalized spacial score (nSPS) is 15.8. The zero-order chi connectivity index (χ0) is 20.0. The van der Waals surface area contributed by atoms with Crippen LogP contribution in [0.4, 0.5) is 10.5 Å². The molecular formula is C22H37N3O3. The summed E-state index contributed by atoms with van der Waals surface area (Å²) < 4.78 is 5.63. The SMILES string of the molecule is CCCCCCNCC(O)COc1ccc(NC(=O)NC2CCCCC2)cc1. The third-order valence-corrected chi connectivity index (χ3v) is 5.08. The molecule has 1 atom stereocenters. The lowest BCUT2D eigenvalue weighted by molar-refractivity contribution is 0.106. The number of aliphatic hydroxyl groups is 1. The molecule has 4 N–H and O–H groups in total. The fourth-order valence-corrected chi connectivity index (χ4v) is 3.43. The Bertz CT molecular complexity index is 544. The summed E-state index contributed by atoms with van der Waals surface area (Å²) in [5.41, 5.74) is 0.731. The van der Waals surface area contributed by atoms with E-state index in [4.69, 9.17) is 4.74 Å². The van der Waals surface area contributed by atoms with Crippen molar-refractivity contribution in [2.75, 3.05) is 25.0 Å². The fraction of sp³-hybridized carbons (Fsp3) is 0.682. The first-order valence-corrected chi connectivity index (χ1v) is 10.9. The van der Waals surface area contributed by atoms with Crippen LogP contribution in [0.25, 0.3) is 0 Å². The van der Waals surface area contributed by atoms with Crippen LogP contribution in [0, 0.1) is 0 Å². The highest BCUT2D eigenvalue weighted by molar-refractivity contribution is 5.89. The van der Waals surface area contributed by atoms with Gasteiger partial charge in [0.2, 0.25) is 0 Å². The van der Waals surface area contributed by atoms with Crippen molar-refractivity contribution in [3.8, 4) is 5.75 Å². The van der Waals surface area contributed by atoms with E-state index >= 15 is 0 Å². The average Bonchev–Trinajstić information content (AvgIpc) is 2.71. The zero-order valence-corrected chi connectivity index (χ0v) is 17.2. The Balaban J connectivity index is 1.60. The second-order valence-corrected chi connectivity index (χ2v) is 7.69. The number of hydrogen-bond acceptors (Lipinski definition) is 4. The molecule has 6 nitrogen and oxygen atoms in total. The Morgan fingerprint density at radius 3 is 2.61 bits per heavy atom. The molecule has 1 saturated carbocycles. The topological polar surface area (TPSA) is 82.6 Å². The molecule has 1 aliphatic rings. The van der Waals surface area contributed by atoms with Crippen LogP contribution in [0.1, 0.15) is 64.7 Å². The summed E-state index contributed by atoms with van der Waals surface area (Å²) in [7, 11) is 0. The van der Waals surface area contributed by atoms with Crippen molar-refractivity contribution < 1.29 is 14.6 Å². The molecule has 28 heavy (non-hydrogen) atoms. The molecule has 1 aliphatic carbocycles. The summed E-state index contributed by atoms with van der Waals surface area (Å²) in [4.78, 5) is 12.1. The van der Waals surface area contributed by atoms with E-state index in [1.54, 1.807) is 12.1 Å². The van der Waals surface area contributed by atoms with Gasteiger partial charge in [0.25, 0.3) is 0 Å². The third kappa shape index (κ3) is 9.42. The molecule has 0 radical (unpaired) electrons. The monoisotopic (exact) mass is 391 g/mol. The molecule has 0 bridgehead atoms. The molecule has 1 unspecified atom stereocenters. The molecule has 0 saturated heterocycles. The van der Waals surface area contributed by atoms with Crippen LogP contribution in [0.5, 0.6) is 5.75 Å². The van der Waals surface area contributed by atoms with E-state index in [9.17, 15) is 9.90 Å². The van der Waals surface area contributed by atoms with E-state index in [0.717, 1.165) is 31.5 Å². The van der Waals surface area contributed by atoms with E-state index in [1.165, 1.54) is 38.5 Å². The highest BCUT2D eigenvalue weighted by Crippen LogP contribution is 2.18. The number of anilines is 1. The van der Waals surface area contributed by atoms with Crippen LogP contribution < -0.4 is 20.7 Å². The molecule has 0 aromatic heterocycles. The second-order valence-electron chi connectivity index (χ2n) is 7.69. The van der Waals surface area contributed by atoms with E-state index in [0.29, 0.717) is 12.3 Å². The second kappa shape index (κ2) is 13.4. The lowest BCUT2D eigenvalue weighted by atomic mass is 9.96. The first-order chi connectivity index (χ1) is 13.7. The van der Waals surface area contributed by atoms with Gasteiger partial charge in [0.05, 0.1) is 0 Å². The summed E-state index contributed by atoms with van der Waals surface area (Å²) >= 11 is 0. The van der Waals surface area contributed by atoms with Crippen molar-refractivity contribution in [1.82, 2.24) is 10.6 Å². The first-order valence-electron chi connectivity index (χ1n) is 10.9. The van der Waals surface area contributed by atoms with Gasteiger partial charge in [-0.1, -0.05) is 45.4 Å². The molecule has 2 rings (SSSR count). The third-order valence-electron chi connectivity index (χ3n) is 5.08. The quantitative estimate of drug-likeness (QED) is 0.405. The molecular weight excluding hydrogens is 354 g/mol. The van der Waals surface area contributed by atoms with E-state index in [-0.39, 0.29) is 18.7 Å². The van der Waals surface area contributed by atoms with Gasteiger partial charge in [0.1, 0.15) is 18.5 Å². The Kier molecular flexibility index (Phi) is 10.8. The molecule has 1 aromatic rings. The minimum Gasteiger partial charge on any atom is -0.491 e. The number of ether oxygens (including phenoxy) is 1. The van der Waals surface area contributed by atoms with Gasteiger partial charge in [-0.25, -0.2) is 4.79 Å². The smallest absolute Gasteiger partial charge is 0.319 e. The molecule has 0 spiro atoms. The highest BCUT2D eigenvalue weighted by Gasteiger charge is 2.15. The van der Waals surface area contributed by atoms with Gasteiger partial charge in [0, 0.05) is 18.3 Å². The van der Waals surface area contributed by atoms with Crippen LogP contribution in [0.15, 0.2) is 24.3 Å². The number of aliphatic hydroxyl groups excluding tert-OH is 1. The summed E-state index contributed by atoms with van der Waals surface area (Å²) in [5, 5.41) is 19.2. The van der Waals surface area contributed by atoms with Gasteiger partial charge in [-0.15, -0.1) is 0 Å². The number of urea groups is 1. The molecule has 2 amide bonds. The Hall–Kier alpha value is -1.79. The number of unbranched alkanes of at least 4 members (excludes halogenated alkanes) is 3. The number of carbonyl (C=O) groups excluding carboxylic acids is 1. The minimum atomic E-state index is -0.537. The highest BCUT2D eigenvalue weighted by atomic mass is 16.5. The predicted molar refractivity (Wildman–Crippen MR) is 114 cm³/mol. The van der Waals surface area contributed by atoms with E-state index in [2.05, 4.69) is 22.9 Å². The maximum absolute atomic E-state index is 12.1. The number of amides is 2. The number of carbonyl (C=O) groups is 1. The Morgan fingerprint density at radius 1 is 1.14 bits per heavy atom. The van der Waals surface area contributed by atoms with Gasteiger partial charge in [0.15, 0.2) is 0 Å². The Labute approximate surface area is 169 Å². The maximum Gasteiger partial charge on any atom is 0.319 e. The Morgan fingerprint density at radius 2 is 1.89 bits per heavy atom. The molecule has 158 valence electrons. The number of nitrogens with one attached hydrogen (secondary N) is 3. The van der Waals surface area contributed by atoms with Crippen LogP contribution in [-0.4, -0.2) is 43.0 Å². The molecule has 0 heterocycles. The zero-order valence-electron chi connectivity index (χ0n) is 17.2. The van der Waals surface area contributed by atoms with Crippen molar-refractivity contribution >= 4 is 11.7 Å². The molecule has 6 heteroatoms. The van der Waals surface area contributed by atoms with Gasteiger partial charge in [-0.3, -0.25) is 0 Å². The van der Waals surface area contributed by atoms with Gasteiger partial charge in [-0.2, -0.15) is 0 Å². The minimum absolute atomic E-state index is 0.152. The first kappa shape index (κ1) is 22.5. The van der Waals surface area contributed by atoms with Crippen molar-refractivity contribution in [2.45, 2.75) is 76.9 Å². The molecule has 0 aliphatic heterocycles. The largest absolute Gasteiger partial charge is 0.491 e. The van der Waals surface area contributed by atoms with E-state index < -0.39 is 6.10 Å². The molecule has 1 fully saturated rings. The lowest BCUT2D eigenvalue weighted by Gasteiger charge is -2.22. The maximum atomic E-state index is 12.1. The van der Waals surface area contributed by atoms with E-state index in [1.807, 2.05) is 12.1 Å². The average molecular weight is 392 g/mol. The summed E-state index contributed by atoms with van der Waals surface area (Å²) in [5.74, 6) is 0.681. The van der Waals surface area contributed by atoms with Crippen molar-refractivity contribution in [2.24, 2.45) is 0 Å². The van der Waals surface area contributed by atoms with Crippen LogP contribution in [-0.2, 0) is 0 Å². The number of hydrogen-bond donors (Lipinski definition) is 4. The summed E-state index contributed by atoms with van der Waals surface area (Å²) in [6.07, 6.45) is 10.1. The van der Waals surface area contributed by atoms with Gasteiger partial charge in [-0.05, 0) is 50.1 Å². The number of benzene rings is 1. The summed E-state index contributed by atoms with van der Waals surface area (Å²) in [6.45, 7) is 3.91. The van der Waals surface area contributed by atoms with Gasteiger partial charge < -0.3 is 25.8 Å². The summed E-state index contributed by atoms with van der Waals surface area (Å²) in [6, 6.07) is 7.38. The standard InChI is InChI=1S/C22H37N3O3/c1-2-3-4-8-15-23-16-20(26)17-28-21-13-11-19(12-14-21)25-22(27)24-18-9-6-5-7-10-18/h11-14,18,20,23,26H,2-10,15-17H2,1H3,(H2,24,25,27). The lowest BCUT2D eigenvalue weighted by Crippen LogP contribution is -2.38. The van der Waals surface area contributed by atoms with Crippen LogP contribution >= 0.6 is 0 Å². The number of rotatable bonds is 12. The molecule has 1 aromatic carbocycles.